The van der Waals surface area contributed by atoms with E-state index in [2.05, 4.69) is 15.2 Å². The minimum atomic E-state index is -0.790. The van der Waals surface area contributed by atoms with Crippen molar-refractivity contribution in [1.82, 2.24) is 19.6 Å². The van der Waals surface area contributed by atoms with Crippen LogP contribution in [-0.2, 0) is 11.2 Å². The number of carboxylic acid groups (broad SMARTS) is 1. The molecule has 2 aromatic rings. The molecule has 0 saturated carbocycles. The summed E-state index contributed by atoms with van der Waals surface area (Å²) in [5, 5.41) is 17.0. The summed E-state index contributed by atoms with van der Waals surface area (Å²) in [7, 11) is 0. The van der Waals surface area contributed by atoms with Crippen molar-refractivity contribution in [2.45, 2.75) is 33.6 Å². The Bertz CT molecular complexity index is 591. The molecule has 0 aliphatic carbocycles. The molecule has 96 valence electrons. The lowest BCUT2D eigenvalue weighted by Gasteiger charge is -2.08. The Morgan fingerprint density at radius 1 is 1.44 bits per heavy atom. The third kappa shape index (κ3) is 2.47. The quantitative estimate of drug-likeness (QED) is 0.884. The first-order valence-electron chi connectivity index (χ1n) is 5.87. The van der Waals surface area contributed by atoms with Gasteiger partial charge in [0.05, 0.1) is 0 Å². The van der Waals surface area contributed by atoms with Gasteiger partial charge >= 0.3 is 5.97 Å². The normalized spacial score (nSPS) is 12.8. The fourth-order valence-electron chi connectivity index (χ4n) is 2.11. The molecule has 2 heterocycles. The molecule has 0 aliphatic heterocycles. The highest BCUT2D eigenvalue weighted by Gasteiger charge is 2.14. The van der Waals surface area contributed by atoms with Gasteiger partial charge in [-0.05, 0) is 19.8 Å². The van der Waals surface area contributed by atoms with Crippen molar-refractivity contribution in [2.24, 2.45) is 5.92 Å². The molecule has 0 fully saturated rings. The predicted molar refractivity (Wildman–Crippen MR) is 65.4 cm³/mol. The number of aromatic nitrogens is 4. The van der Waals surface area contributed by atoms with Gasteiger partial charge in [-0.25, -0.2) is 4.98 Å². The lowest BCUT2D eigenvalue weighted by atomic mass is 10.0. The van der Waals surface area contributed by atoms with Crippen LogP contribution in [0.2, 0.25) is 0 Å². The van der Waals surface area contributed by atoms with Gasteiger partial charge in [0.1, 0.15) is 11.6 Å². The van der Waals surface area contributed by atoms with E-state index >= 15 is 0 Å². The van der Waals surface area contributed by atoms with Crippen LogP contribution in [0.1, 0.15) is 30.7 Å². The van der Waals surface area contributed by atoms with Crippen molar-refractivity contribution >= 4 is 11.6 Å². The van der Waals surface area contributed by atoms with Crippen LogP contribution in [0.5, 0.6) is 0 Å². The number of carboxylic acids is 1. The number of fused-ring (bicyclic) bond motifs is 1. The minimum Gasteiger partial charge on any atom is -0.481 e. The topological polar surface area (TPSA) is 80.4 Å². The van der Waals surface area contributed by atoms with Gasteiger partial charge in [-0.1, -0.05) is 6.92 Å². The number of hydrogen-bond donors (Lipinski definition) is 1. The van der Waals surface area contributed by atoms with Gasteiger partial charge in [0.25, 0.3) is 0 Å². The summed E-state index contributed by atoms with van der Waals surface area (Å²) < 4.78 is 1.88. The second kappa shape index (κ2) is 4.72. The van der Waals surface area contributed by atoms with Gasteiger partial charge in [0.2, 0.25) is 0 Å². The maximum absolute atomic E-state index is 10.7. The van der Waals surface area contributed by atoms with Crippen molar-refractivity contribution in [3.8, 4) is 0 Å². The first-order chi connectivity index (χ1) is 8.47. The Morgan fingerprint density at radius 3 is 2.83 bits per heavy atom. The maximum atomic E-state index is 10.7. The van der Waals surface area contributed by atoms with Crippen molar-refractivity contribution < 1.29 is 9.90 Å². The van der Waals surface area contributed by atoms with Crippen LogP contribution in [0.15, 0.2) is 6.07 Å². The van der Waals surface area contributed by atoms with Gasteiger partial charge in [0, 0.05) is 24.6 Å². The summed E-state index contributed by atoms with van der Waals surface area (Å²) in [5.41, 5.74) is 1.66. The Labute approximate surface area is 105 Å². The fourth-order valence-corrected chi connectivity index (χ4v) is 2.11. The molecule has 0 spiro atoms. The summed E-state index contributed by atoms with van der Waals surface area (Å²) in [6.45, 7) is 5.70. The number of rotatable bonds is 4. The first-order valence-corrected chi connectivity index (χ1v) is 5.87. The van der Waals surface area contributed by atoms with Crippen LogP contribution in [0.4, 0.5) is 0 Å². The molecule has 6 nitrogen and oxygen atoms in total. The van der Waals surface area contributed by atoms with Crippen LogP contribution in [0, 0.1) is 19.8 Å². The largest absolute Gasteiger partial charge is 0.481 e. The Morgan fingerprint density at radius 2 is 2.17 bits per heavy atom. The molecule has 1 unspecified atom stereocenters. The summed E-state index contributed by atoms with van der Waals surface area (Å²) >= 11 is 0. The van der Waals surface area contributed by atoms with Crippen LogP contribution in [0.3, 0.4) is 0 Å². The third-order valence-electron chi connectivity index (χ3n) is 2.81. The number of hydrogen-bond acceptors (Lipinski definition) is 4. The summed E-state index contributed by atoms with van der Waals surface area (Å²) in [6.07, 6.45) is 0.715. The number of aliphatic carboxylic acids is 1. The van der Waals surface area contributed by atoms with E-state index in [1.807, 2.05) is 31.2 Å². The highest BCUT2D eigenvalue weighted by molar-refractivity contribution is 5.66. The summed E-state index contributed by atoms with van der Waals surface area (Å²) in [5.74, 6) is 0.828. The third-order valence-corrected chi connectivity index (χ3v) is 2.81. The zero-order valence-electron chi connectivity index (χ0n) is 10.7. The number of carbonyl (C=O) groups is 1. The first kappa shape index (κ1) is 12.5. The lowest BCUT2D eigenvalue weighted by molar-refractivity contribution is -0.137. The van der Waals surface area contributed by atoms with E-state index in [0.29, 0.717) is 6.42 Å². The van der Waals surface area contributed by atoms with Crippen molar-refractivity contribution in [2.75, 3.05) is 0 Å². The molecular weight excluding hydrogens is 232 g/mol. The molecule has 1 atom stereocenters. The van der Waals surface area contributed by atoms with E-state index in [4.69, 9.17) is 5.11 Å². The van der Waals surface area contributed by atoms with Gasteiger partial charge in [-0.15, -0.1) is 10.2 Å². The summed E-state index contributed by atoms with van der Waals surface area (Å²) in [6, 6.07) is 1.87. The van der Waals surface area contributed by atoms with Gasteiger partial charge in [-0.2, -0.15) is 0 Å². The zero-order chi connectivity index (χ0) is 13.3. The molecular formula is C12H16N4O2. The molecule has 2 aromatic heterocycles. The van der Waals surface area contributed by atoms with Gasteiger partial charge < -0.3 is 5.11 Å². The highest BCUT2D eigenvalue weighted by atomic mass is 16.4. The second-order valence-corrected chi connectivity index (χ2v) is 4.66. The second-order valence-electron chi connectivity index (χ2n) is 4.66. The average molecular weight is 248 g/mol. The van der Waals surface area contributed by atoms with Crippen molar-refractivity contribution in [3.63, 3.8) is 0 Å². The van der Waals surface area contributed by atoms with Crippen molar-refractivity contribution in [3.05, 3.63) is 23.4 Å². The Balaban J connectivity index is 2.32. The molecule has 2 rings (SSSR count). The van der Waals surface area contributed by atoms with Gasteiger partial charge in [0.15, 0.2) is 5.65 Å². The molecule has 0 bridgehead atoms. The average Bonchev–Trinajstić information content (AvgIpc) is 2.59. The molecule has 0 amide bonds. The molecule has 0 radical (unpaired) electrons. The minimum absolute atomic E-state index is 0.0237. The Hall–Kier alpha value is -1.98. The van der Waals surface area contributed by atoms with E-state index in [-0.39, 0.29) is 12.3 Å². The number of nitrogens with zero attached hydrogens (tertiary/aromatic N) is 4. The SMILES string of the molecule is Cc1cc2nnc(CC(C)CC(=O)O)n2c(C)n1. The maximum Gasteiger partial charge on any atom is 0.303 e. The molecule has 18 heavy (non-hydrogen) atoms. The lowest BCUT2D eigenvalue weighted by Crippen LogP contribution is -2.10. The van der Waals surface area contributed by atoms with Crippen LogP contribution < -0.4 is 0 Å². The fraction of sp³-hybridized carbons (Fsp3) is 0.500. The molecule has 6 heteroatoms. The molecule has 1 N–H and O–H groups in total. The zero-order valence-corrected chi connectivity index (χ0v) is 10.7. The van der Waals surface area contributed by atoms with Crippen LogP contribution >= 0.6 is 0 Å². The van der Waals surface area contributed by atoms with E-state index in [1.165, 1.54) is 0 Å². The van der Waals surface area contributed by atoms with E-state index < -0.39 is 5.97 Å². The Kier molecular flexibility index (Phi) is 3.27. The predicted octanol–water partition coefficient (Wildman–Crippen LogP) is 1.39. The van der Waals surface area contributed by atoms with Crippen LogP contribution in [-0.4, -0.2) is 30.7 Å². The molecule has 0 aliphatic rings. The van der Waals surface area contributed by atoms with Gasteiger partial charge in [-0.3, -0.25) is 9.20 Å². The highest BCUT2D eigenvalue weighted by Crippen LogP contribution is 2.13. The summed E-state index contributed by atoms with van der Waals surface area (Å²) in [4.78, 5) is 15.0. The van der Waals surface area contributed by atoms with Crippen molar-refractivity contribution in [1.29, 1.82) is 0 Å². The van der Waals surface area contributed by atoms with E-state index in [1.54, 1.807) is 0 Å². The monoisotopic (exact) mass is 248 g/mol. The van der Waals surface area contributed by atoms with E-state index in [9.17, 15) is 4.79 Å². The number of aryl methyl sites for hydroxylation is 2. The molecule has 0 saturated heterocycles. The van der Waals surface area contributed by atoms with Crippen LogP contribution in [0.25, 0.3) is 5.65 Å². The smallest absolute Gasteiger partial charge is 0.303 e. The standard InChI is InChI=1S/C12H16N4O2/c1-7(5-12(17)18)4-10-14-15-11-6-8(2)13-9(3)16(10)11/h6-7H,4-5H2,1-3H3,(H,17,18). The van der Waals surface area contributed by atoms with E-state index in [0.717, 1.165) is 23.0 Å². The molecule has 0 aromatic carbocycles.